The molecule has 0 aliphatic rings. The van der Waals surface area contributed by atoms with Crippen molar-refractivity contribution in [2.75, 3.05) is 14.2 Å². The van der Waals surface area contributed by atoms with Crippen molar-refractivity contribution in [2.45, 2.75) is 13.0 Å². The third-order valence-electron chi connectivity index (χ3n) is 3.20. The second-order valence-corrected chi connectivity index (χ2v) is 4.77. The lowest BCUT2D eigenvalue weighted by molar-refractivity contribution is -0.120. The Labute approximate surface area is 128 Å². The van der Waals surface area contributed by atoms with Crippen LogP contribution >= 0.6 is 0 Å². The number of carbonyl (C=O) groups excluding carboxylic acids is 1. The summed E-state index contributed by atoms with van der Waals surface area (Å²) in [7, 11) is 2.99. The van der Waals surface area contributed by atoms with Gasteiger partial charge >= 0.3 is 0 Å². The number of carbonyl (C=O) groups is 1. The van der Waals surface area contributed by atoms with E-state index in [1.807, 2.05) is 24.3 Å². The molecule has 0 fully saturated rings. The van der Waals surface area contributed by atoms with Gasteiger partial charge in [-0.15, -0.1) is 0 Å². The molecular formula is C17H18FNO3. The highest BCUT2D eigenvalue weighted by Crippen LogP contribution is 2.17. The first-order valence-electron chi connectivity index (χ1n) is 6.84. The zero-order chi connectivity index (χ0) is 15.9. The smallest absolute Gasteiger partial charge is 0.224 e. The molecule has 2 rings (SSSR count). The molecule has 1 amide bonds. The van der Waals surface area contributed by atoms with Crippen molar-refractivity contribution in [2.24, 2.45) is 0 Å². The number of hydrogen-bond donors (Lipinski definition) is 1. The first-order valence-corrected chi connectivity index (χ1v) is 6.84. The Morgan fingerprint density at radius 2 is 1.91 bits per heavy atom. The predicted octanol–water partition coefficient (Wildman–Crippen LogP) is 2.70. The molecule has 0 bridgehead atoms. The maximum Gasteiger partial charge on any atom is 0.224 e. The second kappa shape index (κ2) is 7.45. The van der Waals surface area contributed by atoms with E-state index in [0.717, 1.165) is 5.56 Å². The maximum atomic E-state index is 13.6. The average molecular weight is 303 g/mol. The zero-order valence-electron chi connectivity index (χ0n) is 12.6. The highest BCUT2D eigenvalue weighted by atomic mass is 19.1. The topological polar surface area (TPSA) is 47.6 Å². The van der Waals surface area contributed by atoms with Gasteiger partial charge < -0.3 is 14.8 Å². The van der Waals surface area contributed by atoms with E-state index < -0.39 is 5.82 Å². The summed E-state index contributed by atoms with van der Waals surface area (Å²) in [5, 5.41) is 2.76. The summed E-state index contributed by atoms with van der Waals surface area (Å²) in [4.78, 5) is 11.9. The van der Waals surface area contributed by atoms with Gasteiger partial charge in [0.2, 0.25) is 5.91 Å². The van der Waals surface area contributed by atoms with E-state index in [0.29, 0.717) is 11.3 Å². The Morgan fingerprint density at radius 3 is 2.59 bits per heavy atom. The Balaban J connectivity index is 1.91. The van der Waals surface area contributed by atoms with Crippen molar-refractivity contribution in [3.8, 4) is 11.5 Å². The fraction of sp³-hybridized carbons (Fsp3) is 0.235. The van der Waals surface area contributed by atoms with Gasteiger partial charge in [-0.3, -0.25) is 4.79 Å². The summed E-state index contributed by atoms with van der Waals surface area (Å²) in [6.45, 7) is 0.268. The Morgan fingerprint density at radius 1 is 1.09 bits per heavy atom. The Hall–Kier alpha value is -2.56. The quantitative estimate of drug-likeness (QED) is 0.892. The number of rotatable bonds is 6. The summed E-state index contributed by atoms with van der Waals surface area (Å²) in [6, 6.07) is 11.9. The lowest BCUT2D eigenvalue weighted by Gasteiger charge is -2.08. The van der Waals surface area contributed by atoms with E-state index in [1.54, 1.807) is 19.2 Å². The fourth-order valence-electron chi connectivity index (χ4n) is 2.05. The summed E-state index contributed by atoms with van der Waals surface area (Å²) in [6.07, 6.45) is 0.246. The number of benzene rings is 2. The van der Waals surface area contributed by atoms with Crippen molar-refractivity contribution in [1.29, 1.82) is 0 Å². The largest absolute Gasteiger partial charge is 0.497 e. The minimum atomic E-state index is -0.443. The molecule has 0 spiro atoms. The minimum absolute atomic E-state index is 0.135. The van der Waals surface area contributed by atoms with E-state index in [1.165, 1.54) is 13.2 Å². The number of hydrogen-bond acceptors (Lipinski definition) is 3. The van der Waals surface area contributed by atoms with Gasteiger partial charge in [0.25, 0.3) is 0 Å². The molecule has 0 saturated carbocycles. The van der Waals surface area contributed by atoms with E-state index in [2.05, 4.69) is 5.32 Å². The lowest BCUT2D eigenvalue weighted by Crippen LogP contribution is -2.24. The molecule has 0 heterocycles. The summed E-state index contributed by atoms with van der Waals surface area (Å²) in [5.41, 5.74) is 1.54. The van der Waals surface area contributed by atoms with E-state index >= 15 is 0 Å². The van der Waals surface area contributed by atoms with Gasteiger partial charge in [0, 0.05) is 6.54 Å². The van der Waals surface area contributed by atoms with Crippen LogP contribution in [0.15, 0.2) is 42.5 Å². The zero-order valence-corrected chi connectivity index (χ0v) is 12.6. The highest BCUT2D eigenvalue weighted by Gasteiger charge is 2.07. The Bertz CT molecular complexity index is 658. The fourth-order valence-corrected chi connectivity index (χ4v) is 2.05. The van der Waals surface area contributed by atoms with Gasteiger partial charge in [-0.2, -0.15) is 0 Å². The van der Waals surface area contributed by atoms with Gasteiger partial charge in [-0.1, -0.05) is 18.2 Å². The molecule has 22 heavy (non-hydrogen) atoms. The minimum Gasteiger partial charge on any atom is -0.497 e. The van der Waals surface area contributed by atoms with Crippen LogP contribution in [0.1, 0.15) is 11.1 Å². The van der Waals surface area contributed by atoms with Crippen LogP contribution in [0.3, 0.4) is 0 Å². The number of amides is 1. The number of nitrogens with one attached hydrogen (secondary N) is 1. The highest BCUT2D eigenvalue weighted by molar-refractivity contribution is 5.78. The molecule has 2 aromatic rings. The van der Waals surface area contributed by atoms with Crippen molar-refractivity contribution in [3.63, 3.8) is 0 Å². The molecule has 5 heteroatoms. The summed E-state index contributed by atoms with van der Waals surface area (Å²) in [5.74, 6) is 0.320. The third kappa shape index (κ3) is 4.22. The van der Waals surface area contributed by atoms with Crippen LogP contribution in [-0.4, -0.2) is 20.1 Å². The molecule has 0 aromatic heterocycles. The third-order valence-corrected chi connectivity index (χ3v) is 3.20. The van der Waals surface area contributed by atoms with Crippen molar-refractivity contribution in [1.82, 2.24) is 5.32 Å². The van der Waals surface area contributed by atoms with Gasteiger partial charge in [0.1, 0.15) is 5.75 Å². The van der Waals surface area contributed by atoms with Gasteiger partial charge in [-0.05, 0) is 35.4 Å². The van der Waals surface area contributed by atoms with Gasteiger partial charge in [-0.25, -0.2) is 4.39 Å². The Kier molecular flexibility index (Phi) is 5.36. The molecule has 4 nitrogen and oxygen atoms in total. The molecule has 2 aromatic carbocycles. The van der Waals surface area contributed by atoms with E-state index in [-0.39, 0.29) is 24.6 Å². The first kappa shape index (κ1) is 15.8. The normalized spacial score (nSPS) is 10.1. The van der Waals surface area contributed by atoms with Crippen LogP contribution in [-0.2, 0) is 17.8 Å². The molecule has 0 atom stereocenters. The molecule has 1 N–H and O–H groups in total. The SMILES string of the molecule is COc1cccc(CC(=O)NCc2ccc(OC)c(F)c2)c1. The number of ether oxygens (including phenoxy) is 2. The summed E-state index contributed by atoms with van der Waals surface area (Å²) < 4.78 is 23.5. The van der Waals surface area contributed by atoms with Crippen LogP contribution in [0.5, 0.6) is 11.5 Å². The lowest BCUT2D eigenvalue weighted by atomic mass is 10.1. The number of methoxy groups -OCH3 is 2. The maximum absolute atomic E-state index is 13.6. The molecule has 0 radical (unpaired) electrons. The predicted molar refractivity (Wildman–Crippen MR) is 81.5 cm³/mol. The van der Waals surface area contributed by atoms with Crippen molar-refractivity contribution in [3.05, 3.63) is 59.4 Å². The summed E-state index contributed by atoms with van der Waals surface area (Å²) >= 11 is 0. The van der Waals surface area contributed by atoms with Gasteiger partial charge in [0.05, 0.1) is 20.6 Å². The standard InChI is InChI=1S/C17H18FNO3/c1-21-14-5-3-4-12(8-14)10-17(20)19-11-13-6-7-16(22-2)15(18)9-13/h3-9H,10-11H2,1-2H3,(H,19,20). The van der Waals surface area contributed by atoms with Crippen molar-refractivity contribution >= 4 is 5.91 Å². The molecule has 0 aliphatic heterocycles. The van der Waals surface area contributed by atoms with Crippen LogP contribution < -0.4 is 14.8 Å². The van der Waals surface area contributed by atoms with Crippen LogP contribution in [0.4, 0.5) is 4.39 Å². The molecular weight excluding hydrogens is 285 g/mol. The first-order chi connectivity index (χ1) is 10.6. The molecule has 116 valence electrons. The van der Waals surface area contributed by atoms with E-state index in [9.17, 15) is 9.18 Å². The second-order valence-electron chi connectivity index (χ2n) is 4.77. The molecule has 0 unspecified atom stereocenters. The monoisotopic (exact) mass is 303 g/mol. The van der Waals surface area contributed by atoms with Crippen LogP contribution in [0.25, 0.3) is 0 Å². The van der Waals surface area contributed by atoms with E-state index in [4.69, 9.17) is 9.47 Å². The van der Waals surface area contributed by atoms with Crippen LogP contribution in [0, 0.1) is 5.82 Å². The van der Waals surface area contributed by atoms with Crippen LogP contribution in [0.2, 0.25) is 0 Å². The molecule has 0 aliphatic carbocycles. The number of halogens is 1. The van der Waals surface area contributed by atoms with Gasteiger partial charge in [0.15, 0.2) is 11.6 Å². The molecule has 0 saturated heterocycles. The van der Waals surface area contributed by atoms with Crippen molar-refractivity contribution < 1.29 is 18.7 Å². The average Bonchev–Trinajstić information content (AvgIpc) is 2.53.